The lowest BCUT2D eigenvalue weighted by Crippen LogP contribution is -2.11. The molecule has 2 aromatic carbocycles. The van der Waals surface area contributed by atoms with Crippen LogP contribution in [0.4, 0.5) is 5.69 Å². The molecule has 4 nitrogen and oxygen atoms in total. The largest absolute Gasteiger partial charge is 0.339 e. The molecule has 0 radical (unpaired) electrons. The number of aryl methyl sites for hydroxylation is 2. The minimum absolute atomic E-state index is 0.245. The van der Waals surface area contributed by atoms with Gasteiger partial charge in [-0.15, -0.1) is 4.40 Å². The lowest BCUT2D eigenvalue weighted by Gasteiger charge is -2.09. The molecule has 0 saturated heterocycles. The second kappa shape index (κ2) is 6.18. The Morgan fingerprint density at radius 1 is 1.00 bits per heavy atom. The van der Waals surface area contributed by atoms with Crippen molar-refractivity contribution in [1.82, 2.24) is 0 Å². The Bertz CT molecular complexity index is 992. The molecule has 0 atom stereocenters. The molecule has 124 valence electrons. The summed E-state index contributed by atoms with van der Waals surface area (Å²) in [6, 6.07) is 13.1. The van der Waals surface area contributed by atoms with E-state index in [1.54, 1.807) is 19.1 Å². The van der Waals surface area contributed by atoms with Gasteiger partial charge in [-0.3, -0.25) is 0 Å². The normalized spacial score (nSPS) is 16.2. The SMILES string of the molecule is CC1=C(c2cccc(Br)c2)S(=O)(=O)N=C1Nc1ccc(C)c(C)c1. The third kappa shape index (κ3) is 3.16. The molecule has 3 rings (SSSR count). The molecule has 0 amide bonds. The number of nitrogens with zero attached hydrogens (tertiary/aromatic N) is 1. The maximum Gasteiger partial charge on any atom is 0.285 e. The zero-order valence-corrected chi connectivity index (χ0v) is 16.0. The Balaban J connectivity index is 2.02. The standard InChI is InChI=1S/C18H17BrN2O2S/c1-11-7-8-16(9-12(11)2)20-18-13(3)17(24(22,23)21-18)14-5-4-6-15(19)10-14/h4-10H,1-3H3,(H,20,21). The summed E-state index contributed by atoms with van der Waals surface area (Å²) in [6.45, 7) is 5.82. The fourth-order valence-electron chi connectivity index (χ4n) is 2.60. The molecule has 1 N–H and O–H groups in total. The number of hydrogen-bond donors (Lipinski definition) is 1. The Morgan fingerprint density at radius 2 is 1.75 bits per heavy atom. The summed E-state index contributed by atoms with van der Waals surface area (Å²) in [7, 11) is -3.71. The van der Waals surface area contributed by atoms with Gasteiger partial charge in [-0.05, 0) is 61.7 Å². The number of rotatable bonds is 2. The zero-order valence-electron chi connectivity index (χ0n) is 13.6. The van der Waals surface area contributed by atoms with Gasteiger partial charge in [-0.1, -0.05) is 34.1 Å². The van der Waals surface area contributed by atoms with E-state index in [9.17, 15) is 8.42 Å². The van der Waals surface area contributed by atoms with Crippen LogP contribution in [0.1, 0.15) is 23.6 Å². The second-order valence-electron chi connectivity index (χ2n) is 5.80. The molecule has 24 heavy (non-hydrogen) atoms. The van der Waals surface area contributed by atoms with Crippen LogP contribution in [0.5, 0.6) is 0 Å². The molecule has 0 fully saturated rings. The van der Waals surface area contributed by atoms with E-state index in [4.69, 9.17) is 0 Å². The third-order valence-electron chi connectivity index (χ3n) is 4.02. The van der Waals surface area contributed by atoms with Gasteiger partial charge < -0.3 is 5.32 Å². The predicted octanol–water partition coefficient (Wildman–Crippen LogP) is 4.65. The fraction of sp³-hybridized carbons (Fsp3) is 0.167. The quantitative estimate of drug-likeness (QED) is 0.791. The van der Waals surface area contributed by atoms with E-state index in [-0.39, 0.29) is 4.91 Å². The van der Waals surface area contributed by atoms with Crippen molar-refractivity contribution in [3.63, 3.8) is 0 Å². The molecule has 0 aliphatic carbocycles. The molecule has 1 heterocycles. The summed E-state index contributed by atoms with van der Waals surface area (Å²) in [5, 5.41) is 3.13. The van der Waals surface area contributed by atoms with Gasteiger partial charge in [-0.25, -0.2) is 0 Å². The zero-order chi connectivity index (χ0) is 17.5. The van der Waals surface area contributed by atoms with Crippen molar-refractivity contribution in [3.8, 4) is 0 Å². The molecule has 6 heteroatoms. The summed E-state index contributed by atoms with van der Waals surface area (Å²) >= 11 is 3.38. The highest BCUT2D eigenvalue weighted by Gasteiger charge is 2.31. The van der Waals surface area contributed by atoms with Gasteiger partial charge in [0.05, 0.1) is 0 Å². The number of nitrogens with one attached hydrogen (secondary N) is 1. The number of hydrogen-bond acceptors (Lipinski definition) is 3. The van der Waals surface area contributed by atoms with E-state index in [2.05, 4.69) is 25.6 Å². The van der Waals surface area contributed by atoms with Crippen LogP contribution < -0.4 is 5.32 Å². The Morgan fingerprint density at radius 3 is 2.42 bits per heavy atom. The molecular formula is C18H17BrN2O2S. The predicted molar refractivity (Wildman–Crippen MR) is 103 cm³/mol. The first-order valence-corrected chi connectivity index (χ1v) is 9.68. The van der Waals surface area contributed by atoms with Crippen LogP contribution in [0.3, 0.4) is 0 Å². The van der Waals surface area contributed by atoms with E-state index in [1.165, 1.54) is 5.56 Å². The molecule has 0 unspecified atom stereocenters. The van der Waals surface area contributed by atoms with E-state index in [0.717, 1.165) is 15.7 Å². The van der Waals surface area contributed by atoms with Crippen LogP contribution in [-0.4, -0.2) is 14.3 Å². The first-order chi connectivity index (χ1) is 11.3. The molecule has 0 saturated carbocycles. The smallest absolute Gasteiger partial charge is 0.285 e. The number of amidine groups is 1. The Labute approximate surface area is 150 Å². The van der Waals surface area contributed by atoms with Gasteiger partial charge in [0.15, 0.2) is 0 Å². The van der Waals surface area contributed by atoms with Crippen molar-refractivity contribution in [3.05, 3.63) is 69.2 Å². The van der Waals surface area contributed by atoms with E-state index in [1.807, 2.05) is 44.2 Å². The van der Waals surface area contributed by atoms with Crippen molar-refractivity contribution in [2.75, 3.05) is 5.32 Å². The third-order valence-corrected chi connectivity index (χ3v) is 6.00. The maximum absolute atomic E-state index is 12.5. The highest BCUT2D eigenvalue weighted by molar-refractivity contribution is 9.10. The minimum atomic E-state index is -3.71. The minimum Gasteiger partial charge on any atom is -0.339 e. The number of anilines is 1. The number of benzene rings is 2. The first kappa shape index (κ1) is 16.9. The van der Waals surface area contributed by atoms with Crippen LogP contribution in [0, 0.1) is 13.8 Å². The first-order valence-electron chi connectivity index (χ1n) is 7.44. The summed E-state index contributed by atoms with van der Waals surface area (Å²) in [5.41, 5.74) is 4.38. The summed E-state index contributed by atoms with van der Waals surface area (Å²) in [5.74, 6) is 0.369. The average Bonchev–Trinajstić information content (AvgIpc) is 2.72. The molecule has 1 aliphatic rings. The highest BCUT2D eigenvalue weighted by atomic mass is 79.9. The van der Waals surface area contributed by atoms with Crippen LogP contribution in [0.2, 0.25) is 0 Å². The Hall–Kier alpha value is -1.92. The summed E-state index contributed by atoms with van der Waals surface area (Å²) in [6.07, 6.45) is 0. The average molecular weight is 405 g/mol. The van der Waals surface area contributed by atoms with Crippen LogP contribution >= 0.6 is 15.9 Å². The van der Waals surface area contributed by atoms with Crippen molar-refractivity contribution >= 4 is 42.4 Å². The van der Waals surface area contributed by atoms with E-state index >= 15 is 0 Å². The molecule has 0 spiro atoms. The lowest BCUT2D eigenvalue weighted by atomic mass is 10.1. The molecule has 0 aromatic heterocycles. The van der Waals surface area contributed by atoms with Crippen molar-refractivity contribution in [2.24, 2.45) is 4.40 Å². The highest BCUT2D eigenvalue weighted by Crippen LogP contribution is 2.34. The van der Waals surface area contributed by atoms with Crippen molar-refractivity contribution < 1.29 is 8.42 Å². The lowest BCUT2D eigenvalue weighted by molar-refractivity contribution is 0.608. The van der Waals surface area contributed by atoms with E-state index in [0.29, 0.717) is 17.0 Å². The number of sulfonamides is 1. The monoisotopic (exact) mass is 404 g/mol. The summed E-state index contributed by atoms with van der Waals surface area (Å²) < 4.78 is 29.8. The van der Waals surface area contributed by atoms with Gasteiger partial charge in [0.2, 0.25) is 0 Å². The molecule has 2 aromatic rings. The number of halogens is 1. The van der Waals surface area contributed by atoms with E-state index < -0.39 is 10.0 Å². The van der Waals surface area contributed by atoms with Crippen molar-refractivity contribution in [1.29, 1.82) is 0 Å². The molecule has 0 bridgehead atoms. The summed E-state index contributed by atoms with van der Waals surface area (Å²) in [4.78, 5) is 0.245. The molecular weight excluding hydrogens is 388 g/mol. The van der Waals surface area contributed by atoms with Crippen LogP contribution in [0.25, 0.3) is 4.91 Å². The topological polar surface area (TPSA) is 58.5 Å². The maximum atomic E-state index is 12.5. The second-order valence-corrected chi connectivity index (χ2v) is 8.26. The van der Waals surface area contributed by atoms with Crippen LogP contribution in [-0.2, 0) is 10.0 Å². The van der Waals surface area contributed by atoms with Gasteiger partial charge in [-0.2, -0.15) is 8.42 Å². The van der Waals surface area contributed by atoms with Gasteiger partial charge >= 0.3 is 0 Å². The Kier molecular flexibility index (Phi) is 4.36. The van der Waals surface area contributed by atoms with Gasteiger partial charge in [0, 0.05) is 15.7 Å². The van der Waals surface area contributed by atoms with Gasteiger partial charge in [0.25, 0.3) is 10.0 Å². The van der Waals surface area contributed by atoms with Crippen molar-refractivity contribution in [2.45, 2.75) is 20.8 Å². The van der Waals surface area contributed by atoms with Gasteiger partial charge in [0.1, 0.15) is 10.7 Å². The molecule has 1 aliphatic heterocycles. The fourth-order valence-corrected chi connectivity index (χ4v) is 4.42. The van der Waals surface area contributed by atoms with Crippen LogP contribution in [0.15, 0.2) is 56.9 Å².